The van der Waals surface area contributed by atoms with Crippen molar-refractivity contribution in [2.24, 2.45) is 0 Å². The molecule has 0 fully saturated rings. The van der Waals surface area contributed by atoms with Crippen molar-refractivity contribution in [3.05, 3.63) is 41.2 Å². The number of anilines is 1. The van der Waals surface area contributed by atoms with Crippen molar-refractivity contribution in [2.45, 2.75) is 31.0 Å². The Morgan fingerprint density at radius 2 is 1.96 bits per heavy atom. The summed E-state index contributed by atoms with van der Waals surface area (Å²) in [7, 11) is -3.61. The van der Waals surface area contributed by atoms with Crippen LogP contribution in [0.1, 0.15) is 23.9 Å². The average Bonchev–Trinajstić information content (AvgIpc) is 3.05. The van der Waals surface area contributed by atoms with E-state index in [2.05, 4.69) is 20.2 Å². The SMILES string of the molecule is CCNS(=O)(=O)c1ccc(NC(=O)N2CCc3[nH]nc(C(F)(F)F)c3C2)cc1. The lowest BCUT2D eigenvalue weighted by atomic mass is 10.1. The third-order valence-corrected chi connectivity index (χ3v) is 5.80. The van der Waals surface area contributed by atoms with Crippen LogP contribution in [0.5, 0.6) is 0 Å². The Hall–Kier alpha value is -2.60. The summed E-state index contributed by atoms with van der Waals surface area (Å²) in [5.41, 5.74) is -0.359. The number of H-pyrrole nitrogens is 1. The molecule has 1 aliphatic heterocycles. The first kappa shape index (κ1) is 20.1. The van der Waals surface area contributed by atoms with Crippen LogP contribution in [-0.4, -0.2) is 42.6 Å². The van der Waals surface area contributed by atoms with Gasteiger partial charge in [-0.3, -0.25) is 5.10 Å². The molecular formula is C16H18F3N5O3S. The second-order valence-corrected chi connectivity index (χ2v) is 7.92. The molecule has 0 spiro atoms. The van der Waals surface area contributed by atoms with Gasteiger partial charge < -0.3 is 10.2 Å². The smallest absolute Gasteiger partial charge is 0.320 e. The highest BCUT2D eigenvalue weighted by Gasteiger charge is 2.39. The summed E-state index contributed by atoms with van der Waals surface area (Å²) >= 11 is 0. The zero-order valence-electron chi connectivity index (χ0n) is 14.8. The normalized spacial score (nSPS) is 14.6. The van der Waals surface area contributed by atoms with E-state index in [0.717, 1.165) is 0 Å². The molecule has 28 heavy (non-hydrogen) atoms. The fraction of sp³-hybridized carbons (Fsp3) is 0.375. The Morgan fingerprint density at radius 1 is 1.29 bits per heavy atom. The Balaban J connectivity index is 1.70. The van der Waals surface area contributed by atoms with Gasteiger partial charge in [-0.1, -0.05) is 6.92 Å². The molecule has 1 aliphatic rings. The second kappa shape index (κ2) is 7.43. The van der Waals surface area contributed by atoms with Crippen molar-refractivity contribution in [2.75, 3.05) is 18.4 Å². The summed E-state index contributed by atoms with van der Waals surface area (Å²) in [6, 6.07) is 4.91. The largest absolute Gasteiger partial charge is 0.435 e. The molecule has 0 saturated carbocycles. The molecule has 0 saturated heterocycles. The second-order valence-electron chi connectivity index (χ2n) is 6.15. The lowest BCUT2D eigenvalue weighted by Gasteiger charge is -2.27. The number of nitrogens with zero attached hydrogens (tertiary/aromatic N) is 2. The summed E-state index contributed by atoms with van der Waals surface area (Å²) in [4.78, 5) is 13.7. The molecule has 3 rings (SSSR count). The van der Waals surface area contributed by atoms with Crippen LogP contribution < -0.4 is 10.0 Å². The summed E-state index contributed by atoms with van der Waals surface area (Å²) in [5, 5.41) is 8.27. The van der Waals surface area contributed by atoms with E-state index in [1.165, 1.54) is 29.2 Å². The minimum atomic E-state index is -4.60. The lowest BCUT2D eigenvalue weighted by molar-refractivity contribution is -0.142. The van der Waals surface area contributed by atoms with E-state index in [1.807, 2.05) is 0 Å². The van der Waals surface area contributed by atoms with Crippen molar-refractivity contribution in [1.29, 1.82) is 0 Å². The molecule has 1 aromatic carbocycles. The van der Waals surface area contributed by atoms with Gasteiger partial charge in [0, 0.05) is 36.5 Å². The number of benzene rings is 1. The van der Waals surface area contributed by atoms with E-state index < -0.39 is 27.9 Å². The predicted molar refractivity (Wildman–Crippen MR) is 94.0 cm³/mol. The van der Waals surface area contributed by atoms with Gasteiger partial charge in [0.25, 0.3) is 0 Å². The molecule has 152 valence electrons. The van der Waals surface area contributed by atoms with Crippen molar-refractivity contribution >= 4 is 21.7 Å². The molecule has 1 aromatic heterocycles. The number of amides is 2. The first-order valence-corrected chi connectivity index (χ1v) is 9.89. The number of hydrogen-bond acceptors (Lipinski definition) is 4. The third-order valence-electron chi connectivity index (χ3n) is 4.24. The molecule has 2 heterocycles. The molecule has 0 unspecified atom stereocenters. The molecule has 2 amide bonds. The van der Waals surface area contributed by atoms with Gasteiger partial charge in [0.15, 0.2) is 5.69 Å². The number of carbonyl (C=O) groups is 1. The van der Waals surface area contributed by atoms with Gasteiger partial charge in [0.1, 0.15) is 0 Å². The highest BCUT2D eigenvalue weighted by molar-refractivity contribution is 7.89. The number of urea groups is 1. The van der Waals surface area contributed by atoms with Gasteiger partial charge >= 0.3 is 12.2 Å². The number of sulfonamides is 1. The minimum Gasteiger partial charge on any atom is -0.320 e. The first-order valence-electron chi connectivity index (χ1n) is 8.41. The quantitative estimate of drug-likeness (QED) is 0.710. The summed E-state index contributed by atoms with van der Waals surface area (Å²) in [6.45, 7) is 1.90. The van der Waals surface area contributed by atoms with Gasteiger partial charge in [-0.25, -0.2) is 17.9 Å². The number of carbonyl (C=O) groups excluding carboxylic acids is 1. The Bertz CT molecular complexity index is 970. The van der Waals surface area contributed by atoms with Crippen molar-refractivity contribution < 1.29 is 26.4 Å². The van der Waals surface area contributed by atoms with Crippen LogP contribution in [0.2, 0.25) is 0 Å². The summed E-state index contributed by atoms with van der Waals surface area (Å²) in [5.74, 6) is 0. The number of aromatic nitrogens is 2. The topological polar surface area (TPSA) is 107 Å². The van der Waals surface area contributed by atoms with Crippen LogP contribution in [0.3, 0.4) is 0 Å². The van der Waals surface area contributed by atoms with E-state index in [9.17, 15) is 26.4 Å². The fourth-order valence-electron chi connectivity index (χ4n) is 2.90. The highest BCUT2D eigenvalue weighted by Crippen LogP contribution is 2.34. The highest BCUT2D eigenvalue weighted by atomic mass is 32.2. The van der Waals surface area contributed by atoms with Crippen molar-refractivity contribution in [3.8, 4) is 0 Å². The Kier molecular flexibility index (Phi) is 5.35. The van der Waals surface area contributed by atoms with Crippen LogP contribution in [0, 0.1) is 0 Å². The molecule has 8 nitrogen and oxygen atoms in total. The molecule has 0 aliphatic carbocycles. The average molecular weight is 417 g/mol. The number of alkyl halides is 3. The van der Waals surface area contributed by atoms with Gasteiger partial charge in [0.05, 0.1) is 11.4 Å². The number of halogens is 3. The molecule has 0 bridgehead atoms. The van der Waals surface area contributed by atoms with Gasteiger partial charge in [-0.2, -0.15) is 18.3 Å². The summed E-state index contributed by atoms with van der Waals surface area (Å²) in [6.07, 6.45) is -4.37. The Morgan fingerprint density at radius 3 is 2.57 bits per heavy atom. The van der Waals surface area contributed by atoms with Crippen LogP contribution >= 0.6 is 0 Å². The molecule has 3 N–H and O–H groups in total. The van der Waals surface area contributed by atoms with Crippen LogP contribution in [-0.2, 0) is 29.2 Å². The van der Waals surface area contributed by atoms with Crippen LogP contribution in [0.15, 0.2) is 29.2 Å². The molecule has 0 atom stereocenters. The van der Waals surface area contributed by atoms with E-state index in [4.69, 9.17) is 0 Å². The summed E-state index contributed by atoms with van der Waals surface area (Å²) < 4.78 is 65.2. The lowest BCUT2D eigenvalue weighted by Crippen LogP contribution is -2.39. The van der Waals surface area contributed by atoms with Crippen LogP contribution in [0.25, 0.3) is 0 Å². The standard InChI is InChI=1S/C16H18F3N5O3S/c1-2-20-28(26,27)11-5-3-10(4-6-11)21-15(25)24-8-7-13-12(9-24)14(23-22-13)16(17,18)19/h3-6,20H,2,7-9H2,1H3,(H,21,25)(H,22,23). The first-order chi connectivity index (χ1) is 13.1. The molecule has 12 heteroatoms. The van der Waals surface area contributed by atoms with Gasteiger partial charge in [-0.05, 0) is 24.3 Å². The van der Waals surface area contributed by atoms with Gasteiger partial charge in [-0.15, -0.1) is 0 Å². The maximum absolute atomic E-state index is 13.0. The predicted octanol–water partition coefficient (Wildman–Crippen LogP) is 2.32. The number of hydrogen-bond donors (Lipinski definition) is 3. The number of nitrogens with one attached hydrogen (secondary N) is 3. The monoisotopic (exact) mass is 417 g/mol. The zero-order valence-corrected chi connectivity index (χ0v) is 15.6. The van der Waals surface area contributed by atoms with Crippen molar-refractivity contribution in [3.63, 3.8) is 0 Å². The molecular weight excluding hydrogens is 399 g/mol. The minimum absolute atomic E-state index is 0.0408. The maximum atomic E-state index is 13.0. The zero-order chi connectivity index (χ0) is 20.5. The van der Waals surface area contributed by atoms with E-state index >= 15 is 0 Å². The van der Waals surface area contributed by atoms with E-state index in [1.54, 1.807) is 6.92 Å². The fourth-order valence-corrected chi connectivity index (χ4v) is 3.94. The molecule has 0 radical (unpaired) electrons. The Labute approximate surface area is 159 Å². The molecule has 2 aromatic rings. The van der Waals surface area contributed by atoms with E-state index in [-0.39, 0.29) is 36.5 Å². The van der Waals surface area contributed by atoms with Crippen LogP contribution in [0.4, 0.5) is 23.7 Å². The maximum Gasteiger partial charge on any atom is 0.435 e. The number of rotatable bonds is 4. The number of aromatic amines is 1. The number of fused-ring (bicyclic) bond motifs is 1. The van der Waals surface area contributed by atoms with E-state index in [0.29, 0.717) is 11.4 Å². The van der Waals surface area contributed by atoms with Crippen molar-refractivity contribution in [1.82, 2.24) is 19.8 Å². The van der Waals surface area contributed by atoms with Gasteiger partial charge in [0.2, 0.25) is 10.0 Å². The third kappa shape index (κ3) is 4.12.